The Morgan fingerprint density at radius 2 is 2.03 bits per heavy atom. The number of nitrogens with one attached hydrogen (secondary N) is 1. The molecule has 172 valence electrons. The van der Waals surface area contributed by atoms with E-state index in [0.29, 0.717) is 27.9 Å². The van der Waals surface area contributed by atoms with Crippen molar-refractivity contribution in [2.45, 2.75) is 25.8 Å². The Hall–Kier alpha value is -3.73. The van der Waals surface area contributed by atoms with Gasteiger partial charge in [0.15, 0.2) is 16.9 Å². The molecular formula is C23H18BrFN6O3. The van der Waals surface area contributed by atoms with Crippen molar-refractivity contribution in [2.75, 3.05) is 11.9 Å². The van der Waals surface area contributed by atoms with Gasteiger partial charge in [0.25, 0.3) is 0 Å². The average molecular weight is 525 g/mol. The number of fused-ring (bicyclic) bond motifs is 2. The van der Waals surface area contributed by atoms with E-state index >= 15 is 0 Å². The third-order valence-electron chi connectivity index (χ3n) is 5.73. The lowest BCUT2D eigenvalue weighted by molar-refractivity contribution is -0.152. The molecule has 0 bridgehead atoms. The van der Waals surface area contributed by atoms with Crippen molar-refractivity contribution in [3.63, 3.8) is 0 Å². The molecule has 1 aromatic carbocycles. The number of hydrogen-bond donors (Lipinski definition) is 1. The number of ether oxygens (including phenoxy) is 1. The van der Waals surface area contributed by atoms with Crippen molar-refractivity contribution in [3.05, 3.63) is 64.1 Å². The van der Waals surface area contributed by atoms with Crippen LogP contribution in [0, 0.1) is 5.82 Å². The van der Waals surface area contributed by atoms with Crippen LogP contribution in [0.25, 0.3) is 22.6 Å². The van der Waals surface area contributed by atoms with E-state index < -0.39 is 17.3 Å². The summed E-state index contributed by atoms with van der Waals surface area (Å²) in [5.74, 6) is -1.18. The normalized spacial score (nSPS) is 17.0. The molecular weight excluding hydrogens is 507 g/mol. The van der Waals surface area contributed by atoms with Gasteiger partial charge in [0.1, 0.15) is 21.9 Å². The Bertz CT molecular complexity index is 1470. The summed E-state index contributed by atoms with van der Waals surface area (Å²) in [6.07, 6.45) is 1.62. The van der Waals surface area contributed by atoms with Crippen molar-refractivity contribution in [3.8, 4) is 11.5 Å². The maximum atomic E-state index is 14.3. The van der Waals surface area contributed by atoms with Crippen LogP contribution in [0.1, 0.15) is 25.0 Å². The lowest BCUT2D eigenvalue weighted by atomic mass is 9.85. The van der Waals surface area contributed by atoms with Crippen LogP contribution in [-0.2, 0) is 26.3 Å². The molecule has 5 rings (SSSR count). The molecule has 3 aromatic heterocycles. The number of benzene rings is 1. The van der Waals surface area contributed by atoms with Crippen LogP contribution in [-0.4, -0.2) is 43.2 Å². The third-order valence-corrected chi connectivity index (χ3v) is 6.31. The van der Waals surface area contributed by atoms with E-state index in [0.717, 1.165) is 0 Å². The lowest BCUT2D eigenvalue weighted by Crippen LogP contribution is -2.41. The lowest BCUT2D eigenvalue weighted by Gasteiger charge is -2.20. The summed E-state index contributed by atoms with van der Waals surface area (Å²) < 4.78 is 21.2. The topological polar surface area (TPSA) is 112 Å². The summed E-state index contributed by atoms with van der Waals surface area (Å²) in [5.41, 5.74) is 0.102. The van der Waals surface area contributed by atoms with Gasteiger partial charge in [0.2, 0.25) is 5.91 Å². The monoisotopic (exact) mass is 524 g/mol. The minimum absolute atomic E-state index is 0.131. The maximum absolute atomic E-state index is 14.3. The van der Waals surface area contributed by atoms with Gasteiger partial charge < -0.3 is 10.1 Å². The quantitative estimate of drug-likeness (QED) is 0.241. The first-order valence-corrected chi connectivity index (χ1v) is 11.3. The number of anilines is 1. The molecule has 0 fully saturated rings. The van der Waals surface area contributed by atoms with Gasteiger partial charge in [0.05, 0.1) is 24.1 Å². The number of aromatic nitrogens is 5. The van der Waals surface area contributed by atoms with Gasteiger partial charge >= 0.3 is 5.97 Å². The minimum Gasteiger partial charge on any atom is -0.465 e. The Balaban J connectivity index is 1.63. The number of amides is 1. The molecule has 4 heterocycles. The molecule has 1 atom stereocenters. The van der Waals surface area contributed by atoms with Crippen molar-refractivity contribution in [1.82, 2.24) is 24.7 Å². The molecule has 1 unspecified atom stereocenters. The number of esters is 1. The summed E-state index contributed by atoms with van der Waals surface area (Å²) in [6.45, 7) is 3.43. The van der Waals surface area contributed by atoms with E-state index in [1.54, 1.807) is 42.1 Å². The van der Waals surface area contributed by atoms with Gasteiger partial charge in [-0.05, 0) is 48.0 Å². The van der Waals surface area contributed by atoms with Gasteiger partial charge in [-0.15, -0.1) is 0 Å². The number of carbonyl (C=O) groups excluding carboxylic acids is 2. The third kappa shape index (κ3) is 3.35. The van der Waals surface area contributed by atoms with Crippen molar-refractivity contribution >= 4 is 44.7 Å². The molecule has 1 aliphatic heterocycles. The molecule has 1 N–H and O–H groups in total. The van der Waals surface area contributed by atoms with Crippen LogP contribution in [0.3, 0.4) is 0 Å². The fraction of sp³-hybridized carbons (Fsp3) is 0.217. The molecule has 11 heteroatoms. The van der Waals surface area contributed by atoms with E-state index in [-0.39, 0.29) is 35.2 Å². The summed E-state index contributed by atoms with van der Waals surface area (Å²) in [4.78, 5) is 38.8. The zero-order chi connectivity index (χ0) is 24.0. The predicted octanol–water partition coefficient (Wildman–Crippen LogP) is 3.61. The summed E-state index contributed by atoms with van der Waals surface area (Å²) in [5, 5.41) is 7.94. The van der Waals surface area contributed by atoms with Gasteiger partial charge in [0, 0.05) is 11.8 Å². The number of rotatable bonds is 5. The van der Waals surface area contributed by atoms with Gasteiger partial charge in [-0.2, -0.15) is 5.10 Å². The second kappa shape index (κ2) is 8.24. The van der Waals surface area contributed by atoms with E-state index in [1.165, 1.54) is 13.0 Å². The van der Waals surface area contributed by atoms with Crippen LogP contribution in [0.15, 0.2) is 47.2 Å². The summed E-state index contributed by atoms with van der Waals surface area (Å²) >= 11 is 3.40. The highest BCUT2D eigenvalue weighted by atomic mass is 79.9. The summed E-state index contributed by atoms with van der Waals surface area (Å²) in [6, 6.07) is 10.0. The molecule has 0 saturated carbocycles. The highest BCUT2D eigenvalue weighted by Crippen LogP contribution is 2.42. The highest BCUT2D eigenvalue weighted by Gasteiger charge is 2.53. The van der Waals surface area contributed by atoms with E-state index in [4.69, 9.17) is 4.74 Å². The van der Waals surface area contributed by atoms with Crippen molar-refractivity contribution in [1.29, 1.82) is 0 Å². The molecule has 0 radical (unpaired) electrons. The number of nitrogens with zero attached hydrogens (tertiary/aromatic N) is 5. The second-order valence-electron chi connectivity index (χ2n) is 7.83. The van der Waals surface area contributed by atoms with Gasteiger partial charge in [-0.25, -0.2) is 24.0 Å². The zero-order valence-corrected chi connectivity index (χ0v) is 19.8. The van der Waals surface area contributed by atoms with E-state index in [9.17, 15) is 14.0 Å². The first kappa shape index (κ1) is 22.1. The molecule has 4 aromatic rings. The molecule has 9 nitrogen and oxygen atoms in total. The SMILES string of the molecule is CCOC(=O)C1(C)C(=O)Nc2nc(-c3nn(Cc4ccccc4F)c4ncccc34)nc(Br)c21. The number of hydrogen-bond acceptors (Lipinski definition) is 7. The summed E-state index contributed by atoms with van der Waals surface area (Å²) in [7, 11) is 0. The van der Waals surface area contributed by atoms with E-state index in [2.05, 4.69) is 41.3 Å². The second-order valence-corrected chi connectivity index (χ2v) is 8.58. The molecule has 0 saturated heterocycles. The molecule has 34 heavy (non-hydrogen) atoms. The first-order chi connectivity index (χ1) is 16.3. The fourth-order valence-corrected chi connectivity index (χ4v) is 4.71. The van der Waals surface area contributed by atoms with Crippen LogP contribution in [0.5, 0.6) is 0 Å². The Morgan fingerprint density at radius 1 is 1.24 bits per heavy atom. The Morgan fingerprint density at radius 3 is 2.79 bits per heavy atom. The predicted molar refractivity (Wildman–Crippen MR) is 124 cm³/mol. The van der Waals surface area contributed by atoms with E-state index in [1.807, 2.05) is 6.07 Å². The standard InChI is InChI=1S/C23H18BrFN6O3/c1-3-34-22(33)23(2)15-17(24)27-19(28-18(15)29-21(23)32)16-13-8-6-10-26-20(13)31(30-16)11-12-7-4-5-9-14(12)25/h4-10H,3,11H2,1-2H3,(H,27,28,29,32). The average Bonchev–Trinajstić information content (AvgIpc) is 3.31. The number of carbonyl (C=O) groups is 2. The largest absolute Gasteiger partial charge is 0.465 e. The van der Waals surface area contributed by atoms with Crippen LogP contribution in [0.2, 0.25) is 0 Å². The Kier molecular flexibility index (Phi) is 5.35. The Labute approximate surface area is 201 Å². The van der Waals surface area contributed by atoms with Crippen molar-refractivity contribution in [2.24, 2.45) is 0 Å². The highest BCUT2D eigenvalue weighted by molar-refractivity contribution is 9.10. The molecule has 1 amide bonds. The van der Waals surface area contributed by atoms with Crippen LogP contribution in [0.4, 0.5) is 10.2 Å². The number of halogens is 2. The van der Waals surface area contributed by atoms with Crippen molar-refractivity contribution < 1.29 is 18.7 Å². The zero-order valence-electron chi connectivity index (χ0n) is 18.2. The minimum atomic E-state index is -1.59. The van der Waals surface area contributed by atoms with Gasteiger partial charge in [-0.1, -0.05) is 18.2 Å². The molecule has 0 spiro atoms. The van der Waals surface area contributed by atoms with Gasteiger partial charge in [-0.3, -0.25) is 9.59 Å². The smallest absolute Gasteiger partial charge is 0.326 e. The van der Waals surface area contributed by atoms with Crippen LogP contribution >= 0.6 is 15.9 Å². The maximum Gasteiger partial charge on any atom is 0.326 e. The molecule has 0 aliphatic carbocycles. The van der Waals surface area contributed by atoms with Crippen LogP contribution < -0.4 is 5.32 Å². The fourth-order valence-electron chi connectivity index (χ4n) is 3.96. The molecule has 1 aliphatic rings. The first-order valence-electron chi connectivity index (χ1n) is 10.5. The number of pyridine rings is 1.